The number of phenolic OH excluding ortho intramolecular Hbond substituents is 1. The Balaban J connectivity index is 2.18. The molecule has 4 unspecified atom stereocenters. The van der Waals surface area contributed by atoms with E-state index < -0.39 is 47.9 Å². The normalized spacial score (nSPS) is 14.4. The molecule has 12 heteroatoms. The number of aromatic hydroxyl groups is 1. The van der Waals surface area contributed by atoms with Gasteiger partial charge in [0.2, 0.25) is 17.7 Å². The number of aromatic nitrogens is 2. The molecule has 3 amide bonds. The van der Waals surface area contributed by atoms with Crippen molar-refractivity contribution in [2.24, 2.45) is 17.6 Å². The first-order valence-corrected chi connectivity index (χ1v) is 12.5. The van der Waals surface area contributed by atoms with Gasteiger partial charge < -0.3 is 36.9 Å². The number of carbonyl (C=O) groups excluding carboxylic acids is 3. The van der Waals surface area contributed by atoms with Crippen molar-refractivity contribution in [2.75, 3.05) is 0 Å². The van der Waals surface area contributed by atoms with Gasteiger partial charge in [-0.3, -0.25) is 14.4 Å². The van der Waals surface area contributed by atoms with Gasteiger partial charge in [-0.2, -0.15) is 0 Å². The topological polar surface area (TPSA) is 200 Å². The van der Waals surface area contributed by atoms with Gasteiger partial charge in [0.25, 0.3) is 0 Å². The fraction of sp³-hybridized carbons (Fsp3) is 0.500. The summed E-state index contributed by atoms with van der Waals surface area (Å²) in [6.07, 6.45) is 3.45. The minimum absolute atomic E-state index is 0.00718. The van der Waals surface area contributed by atoms with Crippen LogP contribution in [0.15, 0.2) is 36.8 Å². The number of nitrogens with one attached hydrogen (secondary N) is 4. The van der Waals surface area contributed by atoms with Crippen LogP contribution in [0, 0.1) is 11.8 Å². The average Bonchev–Trinajstić information content (AvgIpc) is 3.35. The summed E-state index contributed by atoms with van der Waals surface area (Å²) in [5.74, 6) is -3.26. The number of rotatable bonds is 14. The Hall–Kier alpha value is -3.93. The third-order valence-corrected chi connectivity index (χ3v) is 5.91. The van der Waals surface area contributed by atoms with E-state index in [0.717, 1.165) is 5.56 Å². The number of carboxylic acid groups (broad SMARTS) is 1. The molecule has 2 aromatic rings. The Morgan fingerprint density at radius 1 is 0.921 bits per heavy atom. The van der Waals surface area contributed by atoms with Gasteiger partial charge in [0.1, 0.15) is 23.9 Å². The molecule has 0 spiro atoms. The van der Waals surface area contributed by atoms with E-state index in [2.05, 4.69) is 25.9 Å². The maximum absolute atomic E-state index is 13.3. The zero-order valence-electron chi connectivity index (χ0n) is 22.1. The third-order valence-electron chi connectivity index (χ3n) is 5.91. The van der Waals surface area contributed by atoms with E-state index in [1.54, 1.807) is 26.0 Å². The molecule has 0 aliphatic carbocycles. The highest BCUT2D eigenvalue weighted by molar-refractivity contribution is 5.94. The molecular weight excluding hydrogens is 492 g/mol. The van der Waals surface area contributed by atoms with E-state index in [9.17, 15) is 29.4 Å². The molecule has 0 saturated carbocycles. The van der Waals surface area contributed by atoms with Crippen molar-refractivity contribution in [2.45, 2.75) is 71.1 Å². The Labute approximate surface area is 221 Å². The third kappa shape index (κ3) is 9.51. The molecular formula is C26H38N6O6. The first-order valence-electron chi connectivity index (χ1n) is 12.5. The lowest BCUT2D eigenvalue weighted by Crippen LogP contribution is -2.58. The Bertz CT molecular complexity index is 1070. The number of hydrogen-bond acceptors (Lipinski definition) is 7. The lowest BCUT2D eigenvalue weighted by molar-refractivity contribution is -0.143. The van der Waals surface area contributed by atoms with Crippen LogP contribution >= 0.6 is 0 Å². The van der Waals surface area contributed by atoms with Gasteiger partial charge in [-0.25, -0.2) is 9.78 Å². The van der Waals surface area contributed by atoms with Crippen LogP contribution in [0.1, 0.15) is 45.4 Å². The lowest BCUT2D eigenvalue weighted by Gasteiger charge is -2.26. The van der Waals surface area contributed by atoms with Crippen molar-refractivity contribution in [1.82, 2.24) is 25.9 Å². The summed E-state index contributed by atoms with van der Waals surface area (Å²) >= 11 is 0. The van der Waals surface area contributed by atoms with Crippen molar-refractivity contribution in [3.8, 4) is 5.75 Å². The number of carboxylic acids is 1. The molecule has 0 bridgehead atoms. The lowest BCUT2D eigenvalue weighted by atomic mass is 9.99. The van der Waals surface area contributed by atoms with Crippen LogP contribution in [-0.2, 0) is 32.0 Å². The van der Waals surface area contributed by atoms with E-state index >= 15 is 0 Å². The summed E-state index contributed by atoms with van der Waals surface area (Å²) < 4.78 is 0. The first-order chi connectivity index (χ1) is 17.9. The quantitative estimate of drug-likeness (QED) is 0.183. The van der Waals surface area contributed by atoms with E-state index in [-0.39, 0.29) is 36.8 Å². The number of imidazole rings is 1. The number of aromatic amines is 1. The molecule has 208 valence electrons. The SMILES string of the molecule is CC(C)CC(NC(=O)C(Cc1cnc[nH]1)NC(=O)C(N)Cc1ccc(O)cc1)C(=O)NC(C(=O)O)C(C)C. The molecule has 38 heavy (non-hydrogen) atoms. The molecule has 0 saturated heterocycles. The van der Waals surface area contributed by atoms with Gasteiger partial charge in [0.15, 0.2) is 0 Å². The molecule has 8 N–H and O–H groups in total. The number of H-pyrrole nitrogens is 1. The highest BCUT2D eigenvalue weighted by Gasteiger charge is 2.32. The summed E-state index contributed by atoms with van der Waals surface area (Å²) in [5, 5.41) is 26.8. The number of benzene rings is 1. The second-order valence-corrected chi connectivity index (χ2v) is 10.1. The van der Waals surface area contributed by atoms with Crippen LogP contribution in [0.3, 0.4) is 0 Å². The highest BCUT2D eigenvalue weighted by Crippen LogP contribution is 2.12. The first kappa shape index (κ1) is 30.3. The van der Waals surface area contributed by atoms with Crippen molar-refractivity contribution >= 4 is 23.7 Å². The number of amides is 3. The molecule has 0 aliphatic rings. The summed E-state index contributed by atoms with van der Waals surface area (Å²) in [6, 6.07) is 2.07. The number of carbonyl (C=O) groups is 4. The zero-order chi connectivity index (χ0) is 28.4. The summed E-state index contributed by atoms with van der Waals surface area (Å²) in [4.78, 5) is 57.7. The molecule has 12 nitrogen and oxygen atoms in total. The van der Waals surface area contributed by atoms with Gasteiger partial charge in [0, 0.05) is 18.3 Å². The molecule has 2 rings (SSSR count). The van der Waals surface area contributed by atoms with Crippen LogP contribution < -0.4 is 21.7 Å². The smallest absolute Gasteiger partial charge is 0.326 e. The van der Waals surface area contributed by atoms with Gasteiger partial charge in [-0.05, 0) is 42.4 Å². The van der Waals surface area contributed by atoms with E-state index in [1.807, 2.05) is 13.8 Å². The van der Waals surface area contributed by atoms with Gasteiger partial charge >= 0.3 is 5.97 Å². The predicted molar refractivity (Wildman–Crippen MR) is 140 cm³/mol. The average molecular weight is 531 g/mol. The van der Waals surface area contributed by atoms with Crippen LogP contribution in [0.25, 0.3) is 0 Å². The Morgan fingerprint density at radius 2 is 1.53 bits per heavy atom. The molecule has 1 aromatic carbocycles. The predicted octanol–water partition coefficient (Wildman–Crippen LogP) is 0.469. The summed E-state index contributed by atoms with van der Waals surface area (Å²) in [5.41, 5.74) is 7.40. The Kier molecular flexibility index (Phi) is 11.3. The van der Waals surface area contributed by atoms with Crippen molar-refractivity contribution in [1.29, 1.82) is 0 Å². The number of nitrogens with two attached hydrogens (primary N) is 1. The van der Waals surface area contributed by atoms with Gasteiger partial charge in [0.05, 0.1) is 12.4 Å². The highest BCUT2D eigenvalue weighted by atomic mass is 16.4. The van der Waals surface area contributed by atoms with E-state index in [0.29, 0.717) is 5.69 Å². The maximum Gasteiger partial charge on any atom is 0.326 e. The van der Waals surface area contributed by atoms with Gasteiger partial charge in [-0.15, -0.1) is 0 Å². The van der Waals surface area contributed by atoms with Crippen LogP contribution in [0.2, 0.25) is 0 Å². The minimum atomic E-state index is -1.17. The van der Waals surface area contributed by atoms with Crippen molar-refractivity contribution in [3.63, 3.8) is 0 Å². The van der Waals surface area contributed by atoms with E-state index in [1.165, 1.54) is 24.7 Å². The monoisotopic (exact) mass is 530 g/mol. The summed E-state index contributed by atoms with van der Waals surface area (Å²) in [7, 11) is 0. The van der Waals surface area contributed by atoms with Crippen LogP contribution in [-0.4, -0.2) is 68.0 Å². The van der Waals surface area contributed by atoms with Crippen molar-refractivity contribution in [3.05, 3.63) is 48.0 Å². The standard InChI is InChI=1S/C26H38N6O6/c1-14(2)9-20(25(36)32-22(15(3)4)26(37)38)31-24(35)21(11-17-12-28-13-29-17)30-23(34)19(27)10-16-5-7-18(33)8-6-16/h5-8,12-15,19-22,33H,9-11,27H2,1-4H3,(H,28,29)(H,30,34)(H,31,35)(H,32,36)(H,37,38). The molecule has 1 heterocycles. The molecule has 0 radical (unpaired) electrons. The fourth-order valence-electron chi connectivity index (χ4n) is 3.83. The molecule has 0 fully saturated rings. The van der Waals surface area contributed by atoms with Crippen LogP contribution in [0.5, 0.6) is 5.75 Å². The number of hydrogen-bond donors (Lipinski definition) is 7. The largest absolute Gasteiger partial charge is 0.508 e. The Morgan fingerprint density at radius 3 is 2.05 bits per heavy atom. The molecule has 0 aliphatic heterocycles. The number of nitrogens with zero attached hydrogens (tertiary/aromatic N) is 1. The molecule has 1 aromatic heterocycles. The maximum atomic E-state index is 13.3. The van der Waals surface area contributed by atoms with Crippen LogP contribution in [0.4, 0.5) is 0 Å². The van der Waals surface area contributed by atoms with E-state index in [4.69, 9.17) is 5.73 Å². The second kappa shape index (κ2) is 14.1. The minimum Gasteiger partial charge on any atom is -0.508 e. The second-order valence-electron chi connectivity index (χ2n) is 10.1. The number of aliphatic carboxylic acids is 1. The van der Waals surface area contributed by atoms with Crippen molar-refractivity contribution < 1.29 is 29.4 Å². The number of phenols is 1. The molecule has 4 atom stereocenters. The van der Waals surface area contributed by atoms with Gasteiger partial charge in [-0.1, -0.05) is 39.8 Å². The zero-order valence-corrected chi connectivity index (χ0v) is 22.1. The summed E-state index contributed by atoms with van der Waals surface area (Å²) in [6.45, 7) is 7.09. The fourth-order valence-corrected chi connectivity index (χ4v) is 3.83.